The maximum atomic E-state index is 13.8. The van der Waals surface area contributed by atoms with E-state index in [0.717, 1.165) is 6.42 Å². The second-order valence-corrected chi connectivity index (χ2v) is 7.14. The van der Waals surface area contributed by atoms with Crippen LogP contribution in [-0.4, -0.2) is 30.4 Å². The summed E-state index contributed by atoms with van der Waals surface area (Å²) in [4.78, 5) is 0. The molecule has 0 spiro atoms. The molecule has 0 N–H and O–H groups in total. The summed E-state index contributed by atoms with van der Waals surface area (Å²) in [5.74, 6) is -0.476. The van der Waals surface area contributed by atoms with E-state index in [4.69, 9.17) is 18.9 Å². The van der Waals surface area contributed by atoms with E-state index >= 15 is 0 Å². The van der Waals surface area contributed by atoms with E-state index in [0.29, 0.717) is 11.5 Å². The van der Waals surface area contributed by atoms with Crippen molar-refractivity contribution in [3.05, 3.63) is 35.6 Å². The van der Waals surface area contributed by atoms with Crippen molar-refractivity contribution in [2.24, 2.45) is 5.92 Å². The molecule has 2 saturated heterocycles. The van der Waals surface area contributed by atoms with Gasteiger partial charge in [-0.15, -0.1) is 0 Å². The van der Waals surface area contributed by atoms with Crippen LogP contribution in [0, 0.1) is 11.7 Å². The quantitative estimate of drug-likeness (QED) is 0.829. The summed E-state index contributed by atoms with van der Waals surface area (Å²) in [5.41, 5.74) is 0.539. The molecule has 2 fully saturated rings. The molecule has 128 valence electrons. The molecule has 0 unspecified atom stereocenters. The SMILES string of the molecule is CC(C)C[C@H]1O[C@@H]2OC(C)(C)O[C@@H]2[C@H]1OCc1ccccc1F. The molecule has 23 heavy (non-hydrogen) atoms. The van der Waals surface area contributed by atoms with E-state index in [2.05, 4.69) is 13.8 Å². The molecule has 2 heterocycles. The third-order valence-electron chi connectivity index (χ3n) is 4.18. The van der Waals surface area contributed by atoms with E-state index in [1.54, 1.807) is 18.2 Å². The lowest BCUT2D eigenvalue weighted by Crippen LogP contribution is -2.37. The lowest BCUT2D eigenvalue weighted by Gasteiger charge is -2.27. The minimum absolute atomic E-state index is 0.104. The average molecular weight is 324 g/mol. The normalized spacial score (nSPS) is 32.4. The van der Waals surface area contributed by atoms with Crippen molar-refractivity contribution in [1.29, 1.82) is 0 Å². The Balaban J connectivity index is 1.71. The minimum atomic E-state index is -0.683. The highest BCUT2D eigenvalue weighted by molar-refractivity contribution is 5.16. The molecule has 0 aliphatic carbocycles. The van der Waals surface area contributed by atoms with Crippen molar-refractivity contribution in [1.82, 2.24) is 0 Å². The summed E-state index contributed by atoms with van der Waals surface area (Å²) in [6.45, 7) is 8.19. The largest absolute Gasteiger partial charge is 0.368 e. The number of ether oxygens (including phenoxy) is 4. The molecule has 4 atom stereocenters. The van der Waals surface area contributed by atoms with Crippen LogP contribution in [0.2, 0.25) is 0 Å². The summed E-state index contributed by atoms with van der Waals surface area (Å²) < 4.78 is 37.6. The molecule has 5 heteroatoms. The van der Waals surface area contributed by atoms with Crippen molar-refractivity contribution in [2.75, 3.05) is 0 Å². The average Bonchev–Trinajstić information content (AvgIpc) is 2.89. The van der Waals surface area contributed by atoms with Crippen LogP contribution in [0.15, 0.2) is 24.3 Å². The van der Waals surface area contributed by atoms with E-state index in [1.807, 2.05) is 13.8 Å². The first-order valence-corrected chi connectivity index (χ1v) is 8.22. The maximum absolute atomic E-state index is 13.8. The van der Waals surface area contributed by atoms with Gasteiger partial charge in [0.15, 0.2) is 12.1 Å². The predicted octanol–water partition coefficient (Wildman–Crippen LogP) is 3.63. The molecule has 2 aliphatic heterocycles. The molecule has 0 bridgehead atoms. The number of benzene rings is 1. The van der Waals surface area contributed by atoms with Crippen molar-refractivity contribution < 1.29 is 23.3 Å². The first-order valence-electron chi connectivity index (χ1n) is 8.22. The van der Waals surface area contributed by atoms with E-state index < -0.39 is 12.1 Å². The summed E-state index contributed by atoms with van der Waals surface area (Å²) in [6, 6.07) is 6.65. The van der Waals surface area contributed by atoms with Gasteiger partial charge in [-0.05, 0) is 32.3 Å². The molecule has 1 aromatic carbocycles. The third kappa shape index (κ3) is 3.74. The van der Waals surface area contributed by atoms with Crippen LogP contribution in [0.1, 0.15) is 39.7 Å². The Morgan fingerprint density at radius 2 is 1.96 bits per heavy atom. The van der Waals surface area contributed by atoms with Crippen molar-refractivity contribution in [3.63, 3.8) is 0 Å². The molecule has 2 aliphatic rings. The molecule has 0 radical (unpaired) electrons. The highest BCUT2D eigenvalue weighted by atomic mass is 19.1. The Hall–Kier alpha value is -1.01. The monoisotopic (exact) mass is 324 g/mol. The molecular weight excluding hydrogens is 299 g/mol. The Morgan fingerprint density at radius 3 is 2.65 bits per heavy atom. The number of fused-ring (bicyclic) bond motifs is 1. The lowest BCUT2D eigenvalue weighted by atomic mass is 10.0. The molecule has 4 nitrogen and oxygen atoms in total. The van der Waals surface area contributed by atoms with Crippen LogP contribution in [0.25, 0.3) is 0 Å². The van der Waals surface area contributed by atoms with Gasteiger partial charge < -0.3 is 18.9 Å². The van der Waals surface area contributed by atoms with Crippen LogP contribution in [-0.2, 0) is 25.6 Å². The summed E-state index contributed by atoms with van der Waals surface area (Å²) in [6.07, 6.45) is -0.209. The number of hydrogen-bond donors (Lipinski definition) is 0. The Labute approximate surface area is 136 Å². The molecule has 0 aromatic heterocycles. The number of halogens is 1. The molecular formula is C18H25FO4. The van der Waals surface area contributed by atoms with Crippen LogP contribution in [0.4, 0.5) is 4.39 Å². The van der Waals surface area contributed by atoms with Crippen molar-refractivity contribution in [2.45, 2.75) is 71.1 Å². The standard InChI is InChI=1S/C18H25FO4/c1-11(2)9-14-15(16-17(21-14)23-18(3,4)22-16)20-10-12-7-5-6-8-13(12)19/h5-8,11,14-17H,9-10H2,1-4H3/t14-,15+,16-,17-/m1/s1. The molecule has 1 aromatic rings. The van der Waals surface area contributed by atoms with Gasteiger partial charge in [-0.3, -0.25) is 0 Å². The second-order valence-electron chi connectivity index (χ2n) is 7.14. The van der Waals surface area contributed by atoms with E-state index in [-0.39, 0.29) is 30.7 Å². The van der Waals surface area contributed by atoms with Crippen molar-refractivity contribution in [3.8, 4) is 0 Å². The molecule has 0 amide bonds. The maximum Gasteiger partial charge on any atom is 0.190 e. The van der Waals surface area contributed by atoms with Gasteiger partial charge in [-0.1, -0.05) is 32.0 Å². The van der Waals surface area contributed by atoms with E-state index in [9.17, 15) is 4.39 Å². The fraction of sp³-hybridized carbons (Fsp3) is 0.667. The minimum Gasteiger partial charge on any atom is -0.368 e. The van der Waals surface area contributed by atoms with Gasteiger partial charge in [-0.25, -0.2) is 4.39 Å². The predicted molar refractivity (Wildman–Crippen MR) is 83.1 cm³/mol. The zero-order valence-corrected chi connectivity index (χ0v) is 14.1. The fourth-order valence-corrected chi connectivity index (χ4v) is 3.20. The molecule has 3 rings (SSSR count). The van der Waals surface area contributed by atoms with Crippen LogP contribution < -0.4 is 0 Å². The zero-order chi connectivity index (χ0) is 16.6. The van der Waals surface area contributed by atoms with Crippen LogP contribution in [0.5, 0.6) is 0 Å². The fourth-order valence-electron chi connectivity index (χ4n) is 3.20. The second kappa shape index (κ2) is 6.48. The highest BCUT2D eigenvalue weighted by Crippen LogP contribution is 2.40. The van der Waals surface area contributed by atoms with Gasteiger partial charge in [0.05, 0.1) is 12.7 Å². The van der Waals surface area contributed by atoms with Gasteiger partial charge in [0.2, 0.25) is 0 Å². The lowest BCUT2D eigenvalue weighted by molar-refractivity contribution is -0.220. The molecule has 0 saturated carbocycles. The Morgan fingerprint density at radius 1 is 1.22 bits per heavy atom. The zero-order valence-electron chi connectivity index (χ0n) is 14.1. The topological polar surface area (TPSA) is 36.9 Å². The van der Waals surface area contributed by atoms with Crippen molar-refractivity contribution >= 4 is 0 Å². The van der Waals surface area contributed by atoms with E-state index in [1.165, 1.54) is 6.07 Å². The Kier molecular flexibility index (Phi) is 4.74. The van der Waals surface area contributed by atoms with Crippen LogP contribution >= 0.6 is 0 Å². The van der Waals surface area contributed by atoms with Gasteiger partial charge >= 0.3 is 0 Å². The third-order valence-corrected chi connectivity index (χ3v) is 4.18. The number of rotatable bonds is 5. The smallest absolute Gasteiger partial charge is 0.190 e. The Bertz CT molecular complexity index is 546. The number of hydrogen-bond acceptors (Lipinski definition) is 4. The summed E-state index contributed by atoms with van der Waals surface area (Å²) in [7, 11) is 0. The van der Waals surface area contributed by atoms with Gasteiger partial charge in [-0.2, -0.15) is 0 Å². The first kappa shape index (κ1) is 16.8. The first-order chi connectivity index (χ1) is 10.9. The summed E-state index contributed by atoms with van der Waals surface area (Å²) in [5, 5.41) is 0. The summed E-state index contributed by atoms with van der Waals surface area (Å²) >= 11 is 0. The van der Waals surface area contributed by atoms with Crippen LogP contribution in [0.3, 0.4) is 0 Å². The van der Waals surface area contributed by atoms with Gasteiger partial charge in [0.1, 0.15) is 18.0 Å². The van der Waals surface area contributed by atoms with Gasteiger partial charge in [0, 0.05) is 5.56 Å². The highest BCUT2D eigenvalue weighted by Gasteiger charge is 2.55. The van der Waals surface area contributed by atoms with Gasteiger partial charge in [0.25, 0.3) is 0 Å².